The Morgan fingerprint density at radius 1 is 1.01 bits per heavy atom. The van der Waals surface area contributed by atoms with E-state index in [0.29, 0.717) is 83.4 Å². The number of fused-ring (bicyclic) bond motifs is 5. The number of rotatable bonds is 23. The number of alkyl carbamates (subject to hydrolysis) is 1. The number of benzene rings is 1. The largest absolute Gasteiger partial charge is 0.495 e. The summed E-state index contributed by atoms with van der Waals surface area (Å²) < 4.78 is 45.7. The maximum atomic E-state index is 14.3. The van der Waals surface area contributed by atoms with Crippen molar-refractivity contribution in [1.29, 1.82) is 0 Å². The summed E-state index contributed by atoms with van der Waals surface area (Å²) in [6, 6.07) is 2.48. The molecule has 2 saturated heterocycles. The van der Waals surface area contributed by atoms with Crippen LogP contribution in [-0.4, -0.2) is 174 Å². The molecular formula is C48H71BrClN5O15. The minimum absolute atomic E-state index is 0.0655. The van der Waals surface area contributed by atoms with Crippen LogP contribution in [0.3, 0.4) is 0 Å². The zero-order valence-corrected chi connectivity index (χ0v) is 43.8. The van der Waals surface area contributed by atoms with Crippen molar-refractivity contribution in [2.24, 2.45) is 5.92 Å². The predicted molar refractivity (Wildman–Crippen MR) is 262 cm³/mol. The third-order valence-electron chi connectivity index (χ3n) is 12.6. The molecule has 22 heteroatoms. The quantitative estimate of drug-likeness (QED) is 0.0528. The number of methoxy groups -OCH3 is 2. The number of hydrogen-bond acceptors (Lipinski definition) is 15. The number of likely N-dealkylation sites (N-methyl/N-ethyl adjacent to an activating group) is 1. The molecule has 3 heterocycles. The van der Waals surface area contributed by atoms with Gasteiger partial charge >= 0.3 is 12.1 Å². The van der Waals surface area contributed by atoms with Crippen LogP contribution < -0.4 is 25.6 Å². The van der Waals surface area contributed by atoms with Gasteiger partial charge in [-0.2, -0.15) is 0 Å². The normalized spacial score (nSPS) is 26.3. The molecule has 4 rings (SSSR count). The summed E-state index contributed by atoms with van der Waals surface area (Å²) in [5, 5.41) is 20.2. The van der Waals surface area contributed by atoms with Crippen molar-refractivity contribution in [3.8, 4) is 5.75 Å². The van der Waals surface area contributed by atoms with E-state index in [2.05, 4.69) is 31.9 Å². The predicted octanol–water partition coefficient (Wildman–Crippen LogP) is 3.75. The van der Waals surface area contributed by atoms with Gasteiger partial charge in [0.25, 0.3) is 0 Å². The molecule has 3 unspecified atom stereocenters. The summed E-state index contributed by atoms with van der Waals surface area (Å²) in [5.41, 5.74) is -1.09. The Kier molecular flexibility index (Phi) is 23.3. The van der Waals surface area contributed by atoms with E-state index < -0.39 is 65.7 Å². The lowest BCUT2D eigenvalue weighted by Crippen LogP contribution is -2.63. The van der Waals surface area contributed by atoms with E-state index in [1.807, 2.05) is 13.0 Å². The number of anilines is 1. The van der Waals surface area contributed by atoms with Crippen molar-refractivity contribution >= 4 is 68.9 Å². The number of epoxide rings is 1. The van der Waals surface area contributed by atoms with E-state index in [0.717, 1.165) is 11.1 Å². The lowest BCUT2D eigenvalue weighted by molar-refractivity contribution is -0.162. The van der Waals surface area contributed by atoms with Crippen molar-refractivity contribution in [1.82, 2.24) is 20.9 Å². The number of nitrogens with one attached hydrogen (secondary N) is 3. The maximum absolute atomic E-state index is 14.3. The number of alkyl halides is 1. The summed E-state index contributed by atoms with van der Waals surface area (Å²) in [7, 11) is 5.93. The number of allylic oxidation sites excluding steroid dienone is 3. The first-order valence-corrected chi connectivity index (χ1v) is 25.0. The average molecular weight is 1070 g/mol. The first-order chi connectivity index (χ1) is 33.3. The molecule has 4 bridgehead atoms. The van der Waals surface area contributed by atoms with Crippen LogP contribution in [-0.2, 0) is 63.6 Å². The smallest absolute Gasteiger partial charge is 0.409 e. The summed E-state index contributed by atoms with van der Waals surface area (Å²) in [6.07, 6.45) is 1.65. The molecule has 1 aromatic carbocycles. The number of esters is 1. The Labute approximate surface area is 423 Å². The highest BCUT2D eigenvalue weighted by molar-refractivity contribution is 9.09. The first-order valence-electron chi connectivity index (χ1n) is 23.5. The van der Waals surface area contributed by atoms with Crippen LogP contribution in [0.1, 0.15) is 71.8 Å². The number of amides is 5. The van der Waals surface area contributed by atoms with Gasteiger partial charge in [-0.25, -0.2) is 9.59 Å². The Balaban J connectivity index is 1.35. The molecule has 8 atom stereocenters. The van der Waals surface area contributed by atoms with Gasteiger partial charge < -0.3 is 63.4 Å². The van der Waals surface area contributed by atoms with Crippen LogP contribution in [0.15, 0.2) is 35.9 Å². The fourth-order valence-corrected chi connectivity index (χ4v) is 8.67. The van der Waals surface area contributed by atoms with Crippen LogP contribution in [0.4, 0.5) is 10.5 Å². The van der Waals surface area contributed by atoms with Crippen molar-refractivity contribution in [2.45, 2.75) is 114 Å². The minimum Gasteiger partial charge on any atom is -0.495 e. The van der Waals surface area contributed by atoms with Gasteiger partial charge in [0.2, 0.25) is 23.6 Å². The van der Waals surface area contributed by atoms with E-state index in [-0.39, 0.29) is 53.8 Å². The number of unbranched alkanes of at least 4 members (excludes halogenated alkanes) is 1. The summed E-state index contributed by atoms with van der Waals surface area (Å²) in [4.78, 5) is 80.8. The van der Waals surface area contributed by atoms with Crippen molar-refractivity contribution in [3.63, 3.8) is 0 Å². The molecule has 2 fully saturated rings. The molecule has 0 radical (unpaired) electrons. The third kappa shape index (κ3) is 16.9. The summed E-state index contributed by atoms with van der Waals surface area (Å²) >= 11 is 9.87. The molecule has 4 N–H and O–H groups in total. The van der Waals surface area contributed by atoms with E-state index in [1.165, 1.54) is 38.0 Å². The second-order valence-electron chi connectivity index (χ2n) is 17.8. The van der Waals surface area contributed by atoms with Crippen LogP contribution in [0, 0.1) is 5.92 Å². The average Bonchev–Trinajstić information content (AvgIpc) is 4.03. The Bertz CT molecular complexity index is 2030. The second-order valence-corrected chi connectivity index (χ2v) is 18.7. The first kappa shape index (κ1) is 58.2. The molecule has 70 heavy (non-hydrogen) atoms. The monoisotopic (exact) mass is 1070 g/mol. The van der Waals surface area contributed by atoms with E-state index in [9.17, 15) is 33.9 Å². The van der Waals surface area contributed by atoms with Gasteiger partial charge in [-0.05, 0) is 57.7 Å². The molecule has 5 amide bonds. The topological polar surface area (TPSA) is 242 Å². The number of halogens is 2. The van der Waals surface area contributed by atoms with Gasteiger partial charge in [0, 0.05) is 59.5 Å². The van der Waals surface area contributed by atoms with Gasteiger partial charge in [-0.1, -0.05) is 58.3 Å². The lowest BCUT2D eigenvalue weighted by atomic mass is 9.83. The number of carbonyl (C=O) groups excluding carboxylic acids is 6. The lowest BCUT2D eigenvalue weighted by Gasteiger charge is -2.42. The highest BCUT2D eigenvalue weighted by atomic mass is 79.9. The molecule has 0 spiro atoms. The molecule has 3 aliphatic heterocycles. The summed E-state index contributed by atoms with van der Waals surface area (Å²) in [6.45, 7) is 9.81. The van der Waals surface area contributed by atoms with Crippen LogP contribution in [0.25, 0.3) is 0 Å². The Morgan fingerprint density at radius 2 is 1.64 bits per heavy atom. The molecule has 392 valence electrons. The number of carbonyl (C=O) groups is 6. The van der Waals surface area contributed by atoms with Crippen molar-refractivity contribution in [3.05, 3.63) is 46.5 Å². The summed E-state index contributed by atoms with van der Waals surface area (Å²) in [5.74, 6) is -2.12. The van der Waals surface area contributed by atoms with E-state index in [1.54, 1.807) is 45.2 Å². The number of nitrogens with zero attached hydrogens (tertiary/aromatic N) is 2. The fourth-order valence-electron chi connectivity index (χ4n) is 8.16. The van der Waals surface area contributed by atoms with E-state index in [4.69, 9.17) is 49.5 Å². The second kappa shape index (κ2) is 28.0. The SMILES string of the molecule is COc1cc2cc(c1Cl)N(C)C(=O)C[C@H](OC(=O)[C@H](C)N(C)C(=O)CCCCC(=O)NCCOCCOCCOCCNC(=O)CBr)C1(C)OC1[C@H](C)C1C[C@@](O)(NC(=O)O1)[C@H](OC)/C=C/C=C(\C)C2. The fraction of sp³-hybridized carbons (Fsp3) is 0.667. The zero-order chi connectivity index (χ0) is 51.6. The molecular weight excluding hydrogens is 1000 g/mol. The molecule has 20 nitrogen and oxygen atoms in total. The standard InChI is InChI=1S/C48H71BrClN5O15/c1-30-12-11-13-37(64-8)48(62)28-36(68-46(61)53-48)31(2)44-47(4,70-44)38(27-42(59)55(6)34-25-33(24-30)26-35(63-7)43(34)50)69-45(60)32(3)54(5)41(58)15-10-9-14-39(56)51-16-18-65-20-22-67-23-21-66-19-17-52-40(57)29-49/h11-13,25-26,31-32,36-38,44,62H,9-10,14-24,27-29H2,1-8H3,(H,51,56)(H,52,57)(H,53,61)/b13-11+,30-12+/t31-,32+,36?,37-,38+,44?,47?,48+/m1/s1. The van der Waals surface area contributed by atoms with Crippen LogP contribution in [0.2, 0.25) is 5.02 Å². The molecule has 3 aliphatic rings. The van der Waals surface area contributed by atoms with Crippen LogP contribution >= 0.6 is 27.5 Å². The Morgan fingerprint density at radius 3 is 2.27 bits per heavy atom. The Hall–Kier alpha value is -4.35. The highest BCUT2D eigenvalue weighted by Gasteiger charge is 2.64. The number of hydrogen-bond donors (Lipinski definition) is 4. The van der Waals surface area contributed by atoms with Gasteiger partial charge in [-0.15, -0.1) is 0 Å². The molecule has 0 saturated carbocycles. The third-order valence-corrected chi connectivity index (χ3v) is 13.5. The van der Waals surface area contributed by atoms with Crippen molar-refractivity contribution in [2.75, 3.05) is 91.3 Å². The number of ether oxygens (including phenoxy) is 8. The minimum atomic E-state index is -1.86. The van der Waals surface area contributed by atoms with Gasteiger partial charge in [0.05, 0.1) is 70.3 Å². The van der Waals surface area contributed by atoms with Gasteiger partial charge in [0.1, 0.15) is 40.7 Å². The van der Waals surface area contributed by atoms with E-state index >= 15 is 0 Å². The zero-order valence-electron chi connectivity index (χ0n) is 41.5. The number of aliphatic hydroxyl groups is 1. The molecule has 0 aliphatic carbocycles. The maximum Gasteiger partial charge on any atom is 0.409 e. The van der Waals surface area contributed by atoms with Crippen LogP contribution in [0.5, 0.6) is 5.75 Å². The highest BCUT2D eigenvalue weighted by Crippen LogP contribution is 2.49. The van der Waals surface area contributed by atoms with Gasteiger partial charge in [0.15, 0.2) is 5.72 Å². The van der Waals surface area contributed by atoms with Gasteiger partial charge in [-0.3, -0.25) is 24.5 Å². The van der Waals surface area contributed by atoms with Crippen molar-refractivity contribution < 1.29 is 71.8 Å². The molecule has 1 aromatic rings. The molecule has 0 aromatic heterocycles.